The van der Waals surface area contributed by atoms with Crippen molar-refractivity contribution in [2.45, 2.75) is 19.6 Å². The molecule has 0 fully saturated rings. The number of methoxy groups -OCH3 is 2. The van der Waals surface area contributed by atoms with Crippen LogP contribution < -0.4 is 0 Å². The van der Waals surface area contributed by atoms with Gasteiger partial charge in [-0.2, -0.15) is 0 Å². The Morgan fingerprint density at radius 3 is 1.24 bits per heavy atom. The van der Waals surface area contributed by atoms with Gasteiger partial charge in [0.25, 0.3) is 5.79 Å². The molecule has 0 heterocycles. The van der Waals surface area contributed by atoms with E-state index >= 15 is 0 Å². The number of ketones is 2. The summed E-state index contributed by atoms with van der Waals surface area (Å²) < 4.78 is 10.5. The van der Waals surface area contributed by atoms with Crippen molar-refractivity contribution in [2.75, 3.05) is 14.2 Å². The topological polar surface area (TPSA) is 52.6 Å². The van der Waals surface area contributed by atoms with Crippen LogP contribution in [0, 0.1) is 13.8 Å². The lowest BCUT2D eigenvalue weighted by Crippen LogP contribution is -2.46. The molecule has 0 aliphatic heterocycles. The molecule has 4 heteroatoms. The van der Waals surface area contributed by atoms with E-state index in [4.69, 9.17) is 9.47 Å². The Labute approximate surface area is 147 Å². The molecule has 0 atom stereocenters. The van der Waals surface area contributed by atoms with Gasteiger partial charge < -0.3 is 9.47 Å². The number of carbonyl (C=O) groups excluding carboxylic acids is 2. The first-order valence-corrected chi connectivity index (χ1v) is 8.03. The molecule has 3 rings (SSSR count). The van der Waals surface area contributed by atoms with Crippen LogP contribution in [0.4, 0.5) is 0 Å². The van der Waals surface area contributed by atoms with Crippen LogP contribution in [0.2, 0.25) is 0 Å². The summed E-state index contributed by atoms with van der Waals surface area (Å²) in [6, 6.07) is 15.0. The van der Waals surface area contributed by atoms with E-state index in [0.717, 1.165) is 11.1 Å². The van der Waals surface area contributed by atoms with Crippen LogP contribution in [0.5, 0.6) is 0 Å². The van der Waals surface area contributed by atoms with Gasteiger partial charge in [0.05, 0.1) is 0 Å². The molecule has 1 aliphatic rings. The van der Waals surface area contributed by atoms with E-state index in [0.29, 0.717) is 22.3 Å². The molecule has 0 saturated heterocycles. The van der Waals surface area contributed by atoms with E-state index in [1.54, 1.807) is 0 Å². The zero-order valence-electron chi connectivity index (χ0n) is 14.8. The fourth-order valence-electron chi connectivity index (χ4n) is 3.10. The second-order valence-electron chi connectivity index (χ2n) is 6.17. The van der Waals surface area contributed by atoms with Crippen molar-refractivity contribution in [3.63, 3.8) is 0 Å². The van der Waals surface area contributed by atoms with Crippen LogP contribution in [0.15, 0.2) is 48.5 Å². The van der Waals surface area contributed by atoms with Gasteiger partial charge >= 0.3 is 0 Å². The number of Topliss-reactive ketones (excluding diaryl/α,β-unsaturated/α-hetero) is 2. The molecule has 1 aliphatic carbocycles. The van der Waals surface area contributed by atoms with Gasteiger partial charge in [0, 0.05) is 25.4 Å². The maximum Gasteiger partial charge on any atom is 0.299 e. The number of benzene rings is 2. The van der Waals surface area contributed by atoms with Crippen molar-refractivity contribution < 1.29 is 19.1 Å². The number of rotatable bonds is 4. The summed E-state index contributed by atoms with van der Waals surface area (Å²) >= 11 is 0. The van der Waals surface area contributed by atoms with Crippen molar-refractivity contribution >= 4 is 22.7 Å². The largest absolute Gasteiger partial charge is 0.341 e. The summed E-state index contributed by atoms with van der Waals surface area (Å²) in [5.74, 6) is -2.86. The minimum absolute atomic E-state index is 0.331. The average molecular weight is 336 g/mol. The summed E-state index contributed by atoms with van der Waals surface area (Å²) in [7, 11) is 2.62. The summed E-state index contributed by atoms with van der Waals surface area (Å²) in [4.78, 5) is 26.2. The van der Waals surface area contributed by atoms with Crippen LogP contribution in [-0.2, 0) is 19.1 Å². The van der Waals surface area contributed by atoms with Crippen molar-refractivity contribution in [3.05, 3.63) is 70.8 Å². The van der Waals surface area contributed by atoms with Gasteiger partial charge in [0.15, 0.2) is 0 Å². The normalized spacial score (nSPS) is 16.6. The molecule has 2 aromatic carbocycles. The molecular weight excluding hydrogens is 316 g/mol. The van der Waals surface area contributed by atoms with Crippen molar-refractivity contribution in [2.24, 2.45) is 0 Å². The first kappa shape index (κ1) is 17.3. The highest BCUT2D eigenvalue weighted by molar-refractivity contribution is 6.55. The third-order valence-electron chi connectivity index (χ3n) is 4.56. The lowest BCUT2D eigenvalue weighted by Gasteiger charge is -2.22. The Morgan fingerprint density at radius 2 is 0.960 bits per heavy atom. The SMILES string of the molecule is COC1(OC)C(=O)C(c2ccc(C)cc2)=C(c2ccc(C)cc2)C1=O. The molecule has 2 aromatic rings. The first-order valence-electron chi connectivity index (χ1n) is 8.03. The van der Waals surface area contributed by atoms with Crippen LogP contribution >= 0.6 is 0 Å². The van der Waals surface area contributed by atoms with Crippen LogP contribution in [0.1, 0.15) is 22.3 Å². The average Bonchev–Trinajstić information content (AvgIpc) is 2.84. The molecule has 0 radical (unpaired) electrons. The highest BCUT2D eigenvalue weighted by Gasteiger charge is 2.56. The van der Waals surface area contributed by atoms with Gasteiger partial charge in [-0.15, -0.1) is 0 Å². The highest BCUT2D eigenvalue weighted by Crippen LogP contribution is 2.42. The monoisotopic (exact) mass is 336 g/mol. The van der Waals surface area contributed by atoms with Gasteiger partial charge in [-0.1, -0.05) is 59.7 Å². The minimum Gasteiger partial charge on any atom is -0.341 e. The predicted octanol–water partition coefficient (Wildman–Crippen LogP) is 3.36. The van der Waals surface area contributed by atoms with E-state index in [9.17, 15) is 9.59 Å². The van der Waals surface area contributed by atoms with Crippen molar-refractivity contribution in [3.8, 4) is 0 Å². The standard InChI is InChI=1S/C21H20O4/c1-13-5-9-15(10-6-13)17-18(16-11-7-14(2)8-12-16)20(23)21(24-3,25-4)19(17)22/h5-12H,1-4H3. The Kier molecular flexibility index (Phi) is 4.41. The fourth-order valence-corrected chi connectivity index (χ4v) is 3.10. The Bertz CT molecular complexity index is 784. The van der Waals surface area contributed by atoms with Crippen molar-refractivity contribution in [1.82, 2.24) is 0 Å². The van der Waals surface area contributed by atoms with Crippen LogP contribution in [0.3, 0.4) is 0 Å². The first-order chi connectivity index (χ1) is 11.9. The molecule has 128 valence electrons. The van der Waals surface area contributed by atoms with Gasteiger partial charge in [0.1, 0.15) is 0 Å². The van der Waals surface area contributed by atoms with E-state index in [-0.39, 0.29) is 0 Å². The van der Waals surface area contributed by atoms with E-state index in [1.807, 2.05) is 62.4 Å². The molecule has 0 unspecified atom stereocenters. The third-order valence-corrected chi connectivity index (χ3v) is 4.56. The lowest BCUT2D eigenvalue weighted by molar-refractivity contribution is -0.197. The highest BCUT2D eigenvalue weighted by atomic mass is 16.7. The number of ether oxygens (including phenoxy) is 2. The number of hydrogen-bond acceptors (Lipinski definition) is 4. The van der Waals surface area contributed by atoms with E-state index in [1.165, 1.54) is 14.2 Å². The van der Waals surface area contributed by atoms with E-state index in [2.05, 4.69) is 0 Å². The summed E-state index contributed by atoms with van der Waals surface area (Å²) in [6.45, 7) is 3.94. The summed E-state index contributed by atoms with van der Waals surface area (Å²) in [5, 5.41) is 0. The van der Waals surface area contributed by atoms with Gasteiger partial charge in [-0.05, 0) is 25.0 Å². The number of aryl methyl sites for hydroxylation is 2. The molecular formula is C21H20O4. The quantitative estimate of drug-likeness (QED) is 0.635. The minimum atomic E-state index is -1.92. The second-order valence-corrected chi connectivity index (χ2v) is 6.17. The molecule has 0 saturated carbocycles. The predicted molar refractivity (Wildman–Crippen MR) is 95.9 cm³/mol. The zero-order chi connectivity index (χ0) is 18.2. The molecule has 4 nitrogen and oxygen atoms in total. The number of carbonyl (C=O) groups is 2. The maximum absolute atomic E-state index is 13.1. The maximum atomic E-state index is 13.1. The molecule has 0 bridgehead atoms. The summed E-state index contributed by atoms with van der Waals surface area (Å²) in [6.07, 6.45) is 0. The second kappa shape index (κ2) is 6.39. The van der Waals surface area contributed by atoms with Gasteiger partial charge in [-0.25, -0.2) is 0 Å². The smallest absolute Gasteiger partial charge is 0.299 e. The fraction of sp³-hybridized carbons (Fsp3) is 0.238. The Balaban J connectivity index is 2.28. The van der Waals surface area contributed by atoms with Crippen molar-refractivity contribution in [1.29, 1.82) is 0 Å². The molecule has 0 aromatic heterocycles. The molecule has 0 spiro atoms. The third kappa shape index (κ3) is 2.64. The molecule has 25 heavy (non-hydrogen) atoms. The number of hydrogen-bond donors (Lipinski definition) is 0. The van der Waals surface area contributed by atoms with E-state index < -0.39 is 17.4 Å². The molecule has 0 N–H and O–H groups in total. The Hall–Kier alpha value is -2.56. The zero-order valence-corrected chi connectivity index (χ0v) is 14.8. The summed E-state index contributed by atoms with van der Waals surface area (Å²) in [5.41, 5.74) is 4.16. The van der Waals surface area contributed by atoms with Gasteiger partial charge in [-0.3, -0.25) is 9.59 Å². The lowest BCUT2D eigenvalue weighted by atomic mass is 9.95. The Morgan fingerprint density at radius 1 is 0.640 bits per heavy atom. The van der Waals surface area contributed by atoms with Crippen LogP contribution in [-0.4, -0.2) is 31.6 Å². The molecule has 0 amide bonds. The van der Waals surface area contributed by atoms with Crippen LogP contribution in [0.25, 0.3) is 11.1 Å². The van der Waals surface area contributed by atoms with Gasteiger partial charge in [0.2, 0.25) is 11.6 Å².